The molecule has 0 bridgehead atoms. The van der Waals surface area contributed by atoms with Crippen LogP contribution in [0.25, 0.3) is 0 Å². The van der Waals surface area contributed by atoms with Gasteiger partial charge in [0.25, 0.3) is 0 Å². The lowest BCUT2D eigenvalue weighted by molar-refractivity contribution is 0.100. The third-order valence-corrected chi connectivity index (χ3v) is 3.90. The molecule has 1 aliphatic carbocycles. The molecule has 3 nitrogen and oxygen atoms in total. The van der Waals surface area contributed by atoms with Gasteiger partial charge in [0.15, 0.2) is 0 Å². The first-order valence-electron chi connectivity index (χ1n) is 6.39. The molecule has 0 atom stereocenters. The number of nitrogens with zero attached hydrogens (tertiary/aromatic N) is 1. The molecule has 0 spiro atoms. The Hall–Kier alpha value is -1.51. The summed E-state index contributed by atoms with van der Waals surface area (Å²) in [5.41, 5.74) is 8.02. The Morgan fingerprint density at radius 2 is 1.89 bits per heavy atom. The van der Waals surface area contributed by atoms with E-state index in [1.807, 2.05) is 37.2 Å². The van der Waals surface area contributed by atoms with Gasteiger partial charge in [-0.25, -0.2) is 0 Å². The van der Waals surface area contributed by atoms with Crippen LogP contribution >= 0.6 is 0 Å². The van der Waals surface area contributed by atoms with E-state index in [1.165, 1.54) is 5.56 Å². The Kier molecular flexibility index (Phi) is 2.88. The molecular formula is C15H23N3. The van der Waals surface area contributed by atoms with Crippen LogP contribution in [0.4, 0.5) is 5.69 Å². The standard InChI is InChI=1S/C15H23N3/c1-14(2)9-15(10-14,13(17)18(3)4)11-6-5-7-12(16)8-11/h5-8,17H,9-10,16H2,1-4H3. The second-order valence-electron chi connectivity index (χ2n) is 6.47. The number of hydrogen-bond donors (Lipinski definition) is 2. The average Bonchev–Trinajstić information content (AvgIpc) is 2.24. The molecule has 0 saturated heterocycles. The number of amidine groups is 1. The molecule has 1 fully saturated rings. The Bertz CT molecular complexity index is 466. The molecule has 3 heteroatoms. The second kappa shape index (κ2) is 4.01. The highest BCUT2D eigenvalue weighted by molar-refractivity contribution is 5.92. The van der Waals surface area contributed by atoms with Gasteiger partial charge in [-0.15, -0.1) is 0 Å². The number of nitrogen functional groups attached to an aromatic ring is 1. The summed E-state index contributed by atoms with van der Waals surface area (Å²) >= 11 is 0. The van der Waals surface area contributed by atoms with E-state index in [4.69, 9.17) is 11.1 Å². The minimum Gasteiger partial charge on any atom is -0.399 e. The van der Waals surface area contributed by atoms with E-state index in [1.54, 1.807) is 0 Å². The highest BCUT2D eigenvalue weighted by Gasteiger charge is 2.53. The largest absolute Gasteiger partial charge is 0.399 e. The molecule has 1 aliphatic rings. The van der Waals surface area contributed by atoms with Crippen molar-refractivity contribution in [1.82, 2.24) is 4.90 Å². The minimum atomic E-state index is -0.150. The fraction of sp³-hybridized carbons (Fsp3) is 0.533. The van der Waals surface area contributed by atoms with Gasteiger partial charge < -0.3 is 10.6 Å². The quantitative estimate of drug-likeness (QED) is 0.478. The van der Waals surface area contributed by atoms with Gasteiger partial charge in [0.05, 0.1) is 5.41 Å². The van der Waals surface area contributed by atoms with Crippen molar-refractivity contribution in [3.8, 4) is 0 Å². The monoisotopic (exact) mass is 245 g/mol. The van der Waals surface area contributed by atoms with Gasteiger partial charge in [-0.05, 0) is 36.0 Å². The van der Waals surface area contributed by atoms with E-state index < -0.39 is 0 Å². The molecule has 1 aromatic rings. The van der Waals surface area contributed by atoms with Crippen LogP contribution in [0.3, 0.4) is 0 Å². The summed E-state index contributed by atoms with van der Waals surface area (Å²) in [7, 11) is 3.89. The van der Waals surface area contributed by atoms with Crippen LogP contribution in [0.2, 0.25) is 0 Å². The fourth-order valence-electron chi connectivity index (χ4n) is 3.35. The van der Waals surface area contributed by atoms with Crippen molar-refractivity contribution in [1.29, 1.82) is 5.41 Å². The number of anilines is 1. The number of nitrogens with two attached hydrogens (primary N) is 1. The van der Waals surface area contributed by atoms with Crippen LogP contribution in [0.5, 0.6) is 0 Å². The van der Waals surface area contributed by atoms with Crippen molar-refractivity contribution < 1.29 is 0 Å². The highest BCUT2D eigenvalue weighted by atomic mass is 15.1. The summed E-state index contributed by atoms with van der Waals surface area (Å²) in [6.45, 7) is 4.53. The Morgan fingerprint density at radius 1 is 1.28 bits per heavy atom. The van der Waals surface area contributed by atoms with E-state index in [0.29, 0.717) is 11.3 Å². The van der Waals surface area contributed by atoms with Gasteiger partial charge in [-0.2, -0.15) is 0 Å². The van der Waals surface area contributed by atoms with Crippen molar-refractivity contribution in [2.75, 3.05) is 19.8 Å². The first-order chi connectivity index (χ1) is 8.27. The first kappa shape index (κ1) is 12.9. The van der Waals surface area contributed by atoms with Crippen molar-refractivity contribution in [2.24, 2.45) is 5.41 Å². The predicted octanol–water partition coefficient (Wildman–Crippen LogP) is 2.87. The van der Waals surface area contributed by atoms with Crippen LogP contribution < -0.4 is 5.73 Å². The normalized spacial score (nSPS) is 20.0. The summed E-state index contributed by atoms with van der Waals surface area (Å²) < 4.78 is 0. The van der Waals surface area contributed by atoms with E-state index >= 15 is 0 Å². The molecule has 18 heavy (non-hydrogen) atoms. The highest BCUT2D eigenvalue weighted by Crippen LogP contribution is 2.56. The van der Waals surface area contributed by atoms with Crippen LogP contribution in [0.15, 0.2) is 24.3 Å². The maximum atomic E-state index is 8.42. The van der Waals surface area contributed by atoms with Gasteiger partial charge >= 0.3 is 0 Å². The lowest BCUT2D eigenvalue weighted by Crippen LogP contribution is -2.55. The maximum absolute atomic E-state index is 8.42. The average molecular weight is 245 g/mol. The zero-order chi connectivity index (χ0) is 13.6. The topological polar surface area (TPSA) is 53.1 Å². The van der Waals surface area contributed by atoms with Gasteiger partial charge in [0.1, 0.15) is 5.84 Å². The van der Waals surface area contributed by atoms with Crippen molar-refractivity contribution in [3.05, 3.63) is 29.8 Å². The number of rotatable bonds is 2. The van der Waals surface area contributed by atoms with Crippen molar-refractivity contribution >= 4 is 11.5 Å². The van der Waals surface area contributed by atoms with Gasteiger partial charge in [0, 0.05) is 19.8 Å². The summed E-state index contributed by atoms with van der Waals surface area (Å²) in [5.74, 6) is 0.687. The lowest BCUT2D eigenvalue weighted by Gasteiger charge is -2.54. The van der Waals surface area contributed by atoms with Crippen LogP contribution in [-0.4, -0.2) is 24.8 Å². The van der Waals surface area contributed by atoms with Crippen molar-refractivity contribution in [3.63, 3.8) is 0 Å². The Morgan fingerprint density at radius 3 is 2.33 bits per heavy atom. The molecule has 0 aromatic heterocycles. The molecule has 2 rings (SSSR count). The Labute approximate surface area is 109 Å². The molecule has 3 N–H and O–H groups in total. The fourth-order valence-corrected chi connectivity index (χ4v) is 3.35. The smallest absolute Gasteiger partial charge is 0.106 e. The van der Waals surface area contributed by atoms with Gasteiger partial charge in [-0.3, -0.25) is 5.41 Å². The van der Waals surface area contributed by atoms with Crippen LogP contribution in [-0.2, 0) is 5.41 Å². The first-order valence-corrected chi connectivity index (χ1v) is 6.39. The van der Waals surface area contributed by atoms with Gasteiger partial charge in [0.2, 0.25) is 0 Å². The van der Waals surface area contributed by atoms with Crippen molar-refractivity contribution in [2.45, 2.75) is 32.1 Å². The zero-order valence-corrected chi connectivity index (χ0v) is 11.7. The number of hydrogen-bond acceptors (Lipinski definition) is 2. The minimum absolute atomic E-state index is 0.150. The molecule has 1 saturated carbocycles. The summed E-state index contributed by atoms with van der Waals surface area (Å²) in [6, 6.07) is 8.01. The van der Waals surface area contributed by atoms with Gasteiger partial charge in [-0.1, -0.05) is 26.0 Å². The van der Waals surface area contributed by atoms with Crippen LogP contribution in [0, 0.1) is 10.8 Å². The lowest BCUT2D eigenvalue weighted by atomic mass is 9.51. The molecule has 98 valence electrons. The van der Waals surface area contributed by atoms with Crippen LogP contribution in [0.1, 0.15) is 32.3 Å². The summed E-state index contributed by atoms with van der Waals surface area (Å²) in [6.07, 6.45) is 2.03. The predicted molar refractivity (Wildman–Crippen MR) is 77.0 cm³/mol. The zero-order valence-electron chi connectivity index (χ0n) is 11.7. The molecule has 0 amide bonds. The maximum Gasteiger partial charge on any atom is 0.106 e. The molecular weight excluding hydrogens is 222 g/mol. The molecule has 0 radical (unpaired) electrons. The number of nitrogens with one attached hydrogen (secondary N) is 1. The number of likely N-dealkylation sites (N-methyl/N-ethyl adjacent to an activating group) is 1. The van der Waals surface area contributed by atoms with E-state index in [0.717, 1.165) is 18.5 Å². The van der Waals surface area contributed by atoms with E-state index in [2.05, 4.69) is 19.9 Å². The molecule has 1 aromatic carbocycles. The number of benzene rings is 1. The van der Waals surface area contributed by atoms with E-state index in [-0.39, 0.29) is 5.41 Å². The third-order valence-electron chi connectivity index (χ3n) is 3.90. The van der Waals surface area contributed by atoms with E-state index in [9.17, 15) is 0 Å². The third kappa shape index (κ3) is 1.98. The SMILES string of the molecule is CN(C)C(=N)C1(c2cccc(N)c2)CC(C)(C)C1. The summed E-state index contributed by atoms with van der Waals surface area (Å²) in [5, 5.41) is 8.42. The summed E-state index contributed by atoms with van der Waals surface area (Å²) in [4.78, 5) is 1.92. The molecule has 0 heterocycles. The Balaban J connectivity index is 2.42. The molecule has 0 unspecified atom stereocenters. The second-order valence-corrected chi connectivity index (χ2v) is 6.47. The molecule has 0 aliphatic heterocycles.